The molecule has 22 heavy (non-hydrogen) atoms. The third-order valence-electron chi connectivity index (χ3n) is 3.50. The second-order valence-corrected chi connectivity index (χ2v) is 6.38. The smallest absolute Gasteiger partial charge is 0.180 e. The number of rotatable bonds is 4. The largest absolute Gasteiger partial charge is 0.322 e. The number of aromatic amines is 1. The van der Waals surface area contributed by atoms with E-state index in [1.165, 1.54) is 18.5 Å². The number of H-pyrrole nitrogens is 1. The van der Waals surface area contributed by atoms with Gasteiger partial charge in [0.15, 0.2) is 11.6 Å². The van der Waals surface area contributed by atoms with Crippen LogP contribution in [0.2, 0.25) is 0 Å². The first-order chi connectivity index (χ1) is 10.8. The van der Waals surface area contributed by atoms with Gasteiger partial charge in [-0.05, 0) is 47.6 Å². The number of hydrogen-bond donors (Lipinski definition) is 2. The Morgan fingerprint density at radius 3 is 2.91 bits per heavy atom. The van der Waals surface area contributed by atoms with Gasteiger partial charge in [0.1, 0.15) is 11.5 Å². The highest BCUT2D eigenvalue weighted by Crippen LogP contribution is 2.39. The number of anilines is 2. The number of aromatic nitrogens is 5. The minimum atomic E-state index is 0.599. The van der Waals surface area contributed by atoms with Crippen molar-refractivity contribution in [2.75, 3.05) is 5.32 Å². The van der Waals surface area contributed by atoms with E-state index in [1.54, 1.807) is 12.4 Å². The molecular formula is C15H13IN6. The van der Waals surface area contributed by atoms with Gasteiger partial charge in [-0.15, -0.1) is 0 Å². The van der Waals surface area contributed by atoms with Crippen molar-refractivity contribution in [3.63, 3.8) is 0 Å². The zero-order valence-electron chi connectivity index (χ0n) is 11.6. The van der Waals surface area contributed by atoms with Crippen LogP contribution in [0.5, 0.6) is 0 Å². The van der Waals surface area contributed by atoms with Gasteiger partial charge in [-0.1, -0.05) is 6.07 Å². The highest BCUT2D eigenvalue weighted by Gasteiger charge is 2.25. The molecule has 4 rings (SSSR count). The van der Waals surface area contributed by atoms with Crippen molar-refractivity contribution in [2.24, 2.45) is 0 Å². The molecule has 3 heterocycles. The van der Waals surface area contributed by atoms with Crippen LogP contribution in [0.3, 0.4) is 0 Å². The number of nitrogens with one attached hydrogen (secondary N) is 2. The zero-order valence-corrected chi connectivity index (χ0v) is 13.8. The summed E-state index contributed by atoms with van der Waals surface area (Å²) in [5.74, 6) is 2.77. The first-order valence-electron chi connectivity index (χ1n) is 7.06. The predicted molar refractivity (Wildman–Crippen MR) is 91.8 cm³/mol. The van der Waals surface area contributed by atoms with E-state index in [4.69, 9.17) is 0 Å². The van der Waals surface area contributed by atoms with Gasteiger partial charge in [-0.2, -0.15) is 5.10 Å². The summed E-state index contributed by atoms with van der Waals surface area (Å²) in [4.78, 5) is 13.2. The van der Waals surface area contributed by atoms with Crippen molar-refractivity contribution < 1.29 is 0 Å². The van der Waals surface area contributed by atoms with Gasteiger partial charge in [-0.3, -0.25) is 10.1 Å². The second-order valence-electron chi connectivity index (χ2n) is 5.21. The fraction of sp³-hybridized carbons (Fsp3) is 0.200. The molecule has 3 aromatic heterocycles. The van der Waals surface area contributed by atoms with Crippen LogP contribution in [-0.2, 0) is 0 Å². The lowest BCUT2D eigenvalue weighted by Gasteiger charge is -2.06. The molecule has 1 aliphatic carbocycles. The Kier molecular flexibility index (Phi) is 3.49. The third kappa shape index (κ3) is 2.80. The van der Waals surface area contributed by atoms with Crippen molar-refractivity contribution in [1.29, 1.82) is 0 Å². The normalized spacial score (nSPS) is 14.0. The fourth-order valence-corrected chi connectivity index (χ4v) is 2.59. The molecular weight excluding hydrogens is 391 g/mol. The van der Waals surface area contributed by atoms with Crippen molar-refractivity contribution in [3.8, 4) is 11.5 Å². The summed E-state index contributed by atoms with van der Waals surface area (Å²) < 4.78 is 0.938. The molecule has 1 fully saturated rings. The summed E-state index contributed by atoms with van der Waals surface area (Å²) in [6.07, 6.45) is 6.01. The van der Waals surface area contributed by atoms with E-state index >= 15 is 0 Å². The van der Waals surface area contributed by atoms with Crippen LogP contribution in [0.1, 0.15) is 24.5 Å². The monoisotopic (exact) mass is 404 g/mol. The van der Waals surface area contributed by atoms with Crippen molar-refractivity contribution in [3.05, 3.63) is 45.9 Å². The lowest BCUT2D eigenvalue weighted by atomic mass is 10.3. The van der Waals surface area contributed by atoms with Crippen LogP contribution < -0.4 is 5.32 Å². The summed E-state index contributed by atoms with van der Waals surface area (Å²) in [5.41, 5.74) is 1.94. The lowest BCUT2D eigenvalue weighted by Crippen LogP contribution is -2.01. The van der Waals surface area contributed by atoms with Crippen LogP contribution in [-0.4, -0.2) is 25.1 Å². The maximum atomic E-state index is 4.56. The summed E-state index contributed by atoms with van der Waals surface area (Å²) >= 11 is 2.21. The molecule has 0 amide bonds. The maximum Gasteiger partial charge on any atom is 0.180 e. The van der Waals surface area contributed by atoms with Crippen LogP contribution >= 0.6 is 22.6 Å². The molecule has 0 unspecified atom stereocenters. The Hall–Kier alpha value is -2.03. The molecule has 0 bridgehead atoms. The van der Waals surface area contributed by atoms with Gasteiger partial charge in [0.25, 0.3) is 0 Å². The van der Waals surface area contributed by atoms with E-state index in [0.717, 1.165) is 20.9 Å². The minimum Gasteiger partial charge on any atom is -0.322 e. The van der Waals surface area contributed by atoms with Gasteiger partial charge < -0.3 is 5.32 Å². The van der Waals surface area contributed by atoms with Gasteiger partial charge >= 0.3 is 0 Å². The van der Waals surface area contributed by atoms with Crippen molar-refractivity contribution in [2.45, 2.75) is 18.8 Å². The van der Waals surface area contributed by atoms with Gasteiger partial charge in [-0.25, -0.2) is 9.97 Å². The minimum absolute atomic E-state index is 0.599. The highest BCUT2D eigenvalue weighted by atomic mass is 127. The molecule has 1 aliphatic rings. The zero-order chi connectivity index (χ0) is 14.9. The average Bonchev–Trinajstić information content (AvgIpc) is 3.30. The van der Waals surface area contributed by atoms with E-state index in [2.05, 4.69) is 59.1 Å². The predicted octanol–water partition coefficient (Wildman–Crippen LogP) is 3.49. The van der Waals surface area contributed by atoms with Crippen LogP contribution in [0.15, 0.2) is 36.7 Å². The SMILES string of the molecule is Ic1cnc(-c2ccccn2)nc1Nc1cc(C2CC2)[nH]n1. The standard InChI is InChI=1S/C15H13IN6/c16-10-8-18-15(11-3-1-2-6-17-11)20-14(10)19-13-7-12(21-22-13)9-4-5-9/h1-3,6-9H,4-5H2,(H2,18,19,20,21,22). The summed E-state index contributed by atoms with van der Waals surface area (Å²) in [7, 11) is 0. The van der Waals surface area contributed by atoms with E-state index in [-0.39, 0.29) is 0 Å². The van der Waals surface area contributed by atoms with Crippen LogP contribution in [0, 0.1) is 3.57 Å². The average molecular weight is 404 g/mol. The molecule has 110 valence electrons. The molecule has 1 saturated carbocycles. The Balaban J connectivity index is 1.62. The fourth-order valence-electron chi connectivity index (χ4n) is 2.20. The Bertz CT molecular complexity index is 797. The summed E-state index contributed by atoms with van der Waals surface area (Å²) in [5, 5.41) is 10.6. The molecule has 7 heteroatoms. The molecule has 0 spiro atoms. The molecule has 3 aromatic rings. The molecule has 6 nitrogen and oxygen atoms in total. The van der Waals surface area contributed by atoms with E-state index < -0.39 is 0 Å². The Morgan fingerprint density at radius 2 is 2.14 bits per heavy atom. The topological polar surface area (TPSA) is 79.4 Å². The molecule has 0 aromatic carbocycles. The van der Waals surface area contributed by atoms with Crippen LogP contribution in [0.25, 0.3) is 11.5 Å². The molecule has 0 aliphatic heterocycles. The van der Waals surface area contributed by atoms with E-state index in [0.29, 0.717) is 11.7 Å². The van der Waals surface area contributed by atoms with E-state index in [1.807, 2.05) is 18.2 Å². The number of halogens is 1. The number of hydrogen-bond acceptors (Lipinski definition) is 5. The van der Waals surface area contributed by atoms with Crippen LogP contribution in [0.4, 0.5) is 11.6 Å². The van der Waals surface area contributed by atoms with Gasteiger partial charge in [0.05, 0.1) is 3.57 Å². The summed E-state index contributed by atoms with van der Waals surface area (Å²) in [6.45, 7) is 0. The maximum absolute atomic E-state index is 4.56. The van der Waals surface area contributed by atoms with E-state index in [9.17, 15) is 0 Å². The van der Waals surface area contributed by atoms with Gasteiger partial charge in [0, 0.05) is 30.1 Å². The molecule has 0 saturated heterocycles. The lowest BCUT2D eigenvalue weighted by molar-refractivity contribution is 0.966. The van der Waals surface area contributed by atoms with Crippen molar-refractivity contribution >= 4 is 34.2 Å². The van der Waals surface area contributed by atoms with Crippen molar-refractivity contribution in [1.82, 2.24) is 25.1 Å². The first kappa shape index (κ1) is 13.6. The quantitative estimate of drug-likeness (QED) is 0.651. The Morgan fingerprint density at radius 1 is 1.23 bits per heavy atom. The highest BCUT2D eigenvalue weighted by molar-refractivity contribution is 14.1. The van der Waals surface area contributed by atoms with Gasteiger partial charge in [0.2, 0.25) is 0 Å². The Labute approximate surface area is 141 Å². The molecule has 2 N–H and O–H groups in total. The second kappa shape index (κ2) is 5.64. The third-order valence-corrected chi connectivity index (χ3v) is 4.29. The summed E-state index contributed by atoms with van der Waals surface area (Å²) in [6, 6.07) is 7.74. The first-order valence-corrected chi connectivity index (χ1v) is 8.14. The molecule has 0 atom stereocenters. The number of nitrogens with zero attached hydrogens (tertiary/aromatic N) is 4. The molecule has 0 radical (unpaired) electrons. The number of pyridine rings is 1.